The van der Waals surface area contributed by atoms with Gasteiger partial charge in [0.25, 0.3) is 0 Å². The number of hydrogen-bond acceptors (Lipinski definition) is 1. The molecule has 0 bridgehead atoms. The fourth-order valence-corrected chi connectivity index (χ4v) is 9.18. The molecule has 11 aromatic rings. The first kappa shape index (κ1) is 34.1. The predicted molar refractivity (Wildman–Crippen MR) is 235 cm³/mol. The Hall–Kier alpha value is -7.17. The highest BCUT2D eigenvalue weighted by Gasteiger charge is 2.30. The highest BCUT2D eigenvalue weighted by atomic mass is 19.4. The second-order valence-corrected chi connectivity index (χ2v) is 15.1. The number of halogens is 3. The van der Waals surface area contributed by atoms with Crippen LogP contribution in [0.25, 0.3) is 110 Å². The molecule has 10 aromatic carbocycles. The lowest BCUT2D eigenvalue weighted by Crippen LogP contribution is -2.04. The zero-order chi connectivity index (χ0) is 39.1. The largest absolute Gasteiger partial charge is 0.455 e. The second-order valence-electron chi connectivity index (χ2n) is 15.1. The molecule has 0 fully saturated rings. The molecule has 0 N–H and O–H groups in total. The molecule has 58 heavy (non-hydrogen) atoms. The highest BCUT2D eigenvalue weighted by Crippen LogP contribution is 2.48. The van der Waals surface area contributed by atoms with Crippen LogP contribution in [0.5, 0.6) is 0 Å². The van der Waals surface area contributed by atoms with Gasteiger partial charge in [0.1, 0.15) is 11.2 Å². The van der Waals surface area contributed by atoms with Crippen molar-refractivity contribution in [2.24, 2.45) is 0 Å². The van der Waals surface area contributed by atoms with Crippen molar-refractivity contribution in [3.8, 4) is 44.5 Å². The number of benzene rings is 10. The molecule has 0 atom stereocenters. The van der Waals surface area contributed by atoms with Gasteiger partial charge in [0.05, 0.1) is 5.56 Å². The van der Waals surface area contributed by atoms with E-state index in [1.165, 1.54) is 55.9 Å². The molecule has 1 heterocycles. The summed E-state index contributed by atoms with van der Waals surface area (Å²) in [6.07, 6.45) is -4.41. The number of hydrogen-bond donors (Lipinski definition) is 0. The van der Waals surface area contributed by atoms with Crippen molar-refractivity contribution in [3.05, 3.63) is 193 Å². The summed E-state index contributed by atoms with van der Waals surface area (Å²) in [6, 6.07) is 60.8. The Bertz CT molecular complexity index is 3310. The Kier molecular flexibility index (Phi) is 7.61. The van der Waals surface area contributed by atoms with E-state index >= 15 is 0 Å². The molecule has 0 saturated heterocycles. The molecular formula is C54H33F3O. The molecule has 4 heteroatoms. The maximum absolute atomic E-state index is 13.6. The van der Waals surface area contributed by atoms with Crippen LogP contribution in [-0.2, 0) is 6.18 Å². The first-order chi connectivity index (χ1) is 28.3. The molecule has 0 unspecified atom stereocenters. The quantitative estimate of drug-likeness (QED) is 0.163. The summed E-state index contributed by atoms with van der Waals surface area (Å²) in [4.78, 5) is 0. The maximum atomic E-state index is 13.6. The van der Waals surface area contributed by atoms with Crippen LogP contribution >= 0.6 is 0 Å². The average molecular weight is 755 g/mol. The van der Waals surface area contributed by atoms with Gasteiger partial charge in [-0.2, -0.15) is 13.2 Å². The third-order valence-corrected chi connectivity index (χ3v) is 11.8. The highest BCUT2D eigenvalue weighted by molar-refractivity contribution is 6.25. The SMILES string of the molecule is Cc1ccc(-c2c3ccccc3c(-c3ccc4c(c3)oc3c(-c5c6ccccc6c(-c6ccc(C(F)(F)F)cc6)c6ccccc56)cccc34)c3ccccc23)cc1. The normalized spacial score (nSPS) is 12.1. The van der Waals surface area contributed by atoms with Crippen LogP contribution in [0.4, 0.5) is 13.2 Å². The van der Waals surface area contributed by atoms with Crippen molar-refractivity contribution in [2.45, 2.75) is 13.1 Å². The summed E-state index contributed by atoms with van der Waals surface area (Å²) in [5, 5.41) is 10.7. The fraction of sp³-hybridized carbons (Fsp3) is 0.0370. The van der Waals surface area contributed by atoms with E-state index in [0.29, 0.717) is 0 Å². The predicted octanol–water partition coefficient (Wildman–Crippen LogP) is 16.2. The van der Waals surface area contributed by atoms with Crippen LogP contribution < -0.4 is 0 Å². The summed E-state index contributed by atoms with van der Waals surface area (Å²) in [5.74, 6) is 0. The minimum atomic E-state index is -4.41. The molecule has 0 amide bonds. The minimum Gasteiger partial charge on any atom is -0.455 e. The van der Waals surface area contributed by atoms with Gasteiger partial charge < -0.3 is 4.42 Å². The molecule has 0 aliphatic heterocycles. The van der Waals surface area contributed by atoms with Crippen molar-refractivity contribution in [1.82, 2.24) is 0 Å². The van der Waals surface area contributed by atoms with Crippen molar-refractivity contribution in [1.29, 1.82) is 0 Å². The summed E-state index contributed by atoms with van der Waals surface area (Å²) in [6.45, 7) is 2.12. The first-order valence-electron chi connectivity index (χ1n) is 19.4. The Labute approximate surface area is 332 Å². The summed E-state index contributed by atoms with van der Waals surface area (Å²) < 4.78 is 47.7. The van der Waals surface area contributed by atoms with Gasteiger partial charge >= 0.3 is 6.18 Å². The smallest absolute Gasteiger partial charge is 0.416 e. The molecule has 11 rings (SSSR count). The molecule has 0 saturated carbocycles. The van der Waals surface area contributed by atoms with Crippen molar-refractivity contribution in [3.63, 3.8) is 0 Å². The lowest BCUT2D eigenvalue weighted by molar-refractivity contribution is -0.137. The minimum absolute atomic E-state index is 0.665. The van der Waals surface area contributed by atoms with Gasteiger partial charge in [-0.1, -0.05) is 163 Å². The standard InChI is InChI=1S/C54H33F3O/c1-32-21-23-33(24-22-32)49-38-11-2-4-13-40(38)51(41-14-5-3-12-39(41)49)35-27-30-37-46-19-10-20-47(53(46)58-48(37)31-35)52-44-17-8-6-15-42(44)50(43-16-7-9-18-45(43)52)34-25-28-36(29-26-34)54(55,56)57/h2-31H,1H3. The molecule has 0 aliphatic carbocycles. The van der Waals surface area contributed by atoms with Crippen LogP contribution in [-0.4, -0.2) is 0 Å². The van der Waals surface area contributed by atoms with E-state index in [2.05, 4.69) is 140 Å². The van der Waals surface area contributed by atoms with Crippen LogP contribution in [0.3, 0.4) is 0 Å². The monoisotopic (exact) mass is 754 g/mol. The summed E-state index contributed by atoms with van der Waals surface area (Å²) in [5.41, 5.74) is 10.4. The Morgan fingerprint density at radius 3 is 1.22 bits per heavy atom. The van der Waals surface area contributed by atoms with Gasteiger partial charge in [0, 0.05) is 21.9 Å². The van der Waals surface area contributed by atoms with Crippen LogP contribution in [0.2, 0.25) is 0 Å². The molecule has 0 aliphatic rings. The van der Waals surface area contributed by atoms with Crippen LogP contribution in [0.1, 0.15) is 11.1 Å². The number of aryl methyl sites for hydroxylation is 1. The molecule has 1 aromatic heterocycles. The maximum Gasteiger partial charge on any atom is 0.416 e. The topological polar surface area (TPSA) is 13.1 Å². The van der Waals surface area contributed by atoms with Crippen LogP contribution in [0, 0.1) is 6.92 Å². The molecular weight excluding hydrogens is 722 g/mol. The van der Waals surface area contributed by atoms with Gasteiger partial charge in [-0.3, -0.25) is 0 Å². The van der Waals surface area contributed by atoms with Crippen molar-refractivity contribution >= 4 is 65.0 Å². The van der Waals surface area contributed by atoms with E-state index in [0.717, 1.165) is 71.3 Å². The van der Waals surface area contributed by atoms with Gasteiger partial charge in [0.2, 0.25) is 0 Å². The van der Waals surface area contributed by atoms with Gasteiger partial charge in [-0.05, 0) is 108 Å². The Balaban J connectivity index is 1.14. The third kappa shape index (κ3) is 5.25. The zero-order valence-electron chi connectivity index (χ0n) is 31.4. The van der Waals surface area contributed by atoms with E-state index in [-0.39, 0.29) is 0 Å². The number of rotatable bonds is 4. The van der Waals surface area contributed by atoms with E-state index in [9.17, 15) is 13.2 Å². The number of furan rings is 1. The Morgan fingerprint density at radius 1 is 0.362 bits per heavy atom. The third-order valence-electron chi connectivity index (χ3n) is 11.8. The van der Waals surface area contributed by atoms with E-state index in [1.807, 2.05) is 24.3 Å². The van der Waals surface area contributed by atoms with Crippen molar-refractivity contribution < 1.29 is 17.6 Å². The molecule has 1 nitrogen and oxygen atoms in total. The van der Waals surface area contributed by atoms with E-state index in [1.54, 1.807) is 12.1 Å². The van der Waals surface area contributed by atoms with E-state index < -0.39 is 11.7 Å². The lowest BCUT2D eigenvalue weighted by atomic mass is 9.85. The van der Waals surface area contributed by atoms with Crippen LogP contribution in [0.15, 0.2) is 186 Å². The number of para-hydroxylation sites is 1. The fourth-order valence-electron chi connectivity index (χ4n) is 9.18. The summed E-state index contributed by atoms with van der Waals surface area (Å²) in [7, 11) is 0. The van der Waals surface area contributed by atoms with Gasteiger partial charge in [0.15, 0.2) is 0 Å². The van der Waals surface area contributed by atoms with Gasteiger partial charge in [-0.25, -0.2) is 0 Å². The Morgan fingerprint density at radius 2 is 0.759 bits per heavy atom. The molecule has 276 valence electrons. The lowest BCUT2D eigenvalue weighted by Gasteiger charge is -2.18. The molecule has 0 spiro atoms. The molecule has 0 radical (unpaired) electrons. The van der Waals surface area contributed by atoms with Gasteiger partial charge in [-0.15, -0.1) is 0 Å². The zero-order valence-corrected chi connectivity index (χ0v) is 31.4. The average Bonchev–Trinajstić information content (AvgIpc) is 3.63. The number of alkyl halides is 3. The second kappa shape index (κ2) is 12.9. The summed E-state index contributed by atoms with van der Waals surface area (Å²) >= 11 is 0. The first-order valence-corrected chi connectivity index (χ1v) is 19.4. The van der Waals surface area contributed by atoms with E-state index in [4.69, 9.17) is 4.42 Å². The number of fused-ring (bicyclic) bond motifs is 7. The van der Waals surface area contributed by atoms with Crippen molar-refractivity contribution in [2.75, 3.05) is 0 Å².